The van der Waals surface area contributed by atoms with Crippen LogP contribution in [0.25, 0.3) is 0 Å². The summed E-state index contributed by atoms with van der Waals surface area (Å²) in [5.41, 5.74) is 6.28. The molecule has 1 aromatic rings. The van der Waals surface area contributed by atoms with Gasteiger partial charge in [-0.05, 0) is 12.1 Å². The van der Waals surface area contributed by atoms with E-state index in [1.54, 1.807) is 0 Å². The lowest BCUT2D eigenvalue weighted by molar-refractivity contribution is -0.356. The van der Waals surface area contributed by atoms with Crippen molar-refractivity contribution >= 4 is 46.3 Å². The van der Waals surface area contributed by atoms with E-state index in [0.717, 1.165) is 5.69 Å². The molecule has 0 aromatic heterocycles. The summed E-state index contributed by atoms with van der Waals surface area (Å²) in [6.07, 6.45) is 0. The molecule has 0 fully saturated rings. The summed E-state index contributed by atoms with van der Waals surface area (Å²) in [6, 6.07) is 9.24. The summed E-state index contributed by atoms with van der Waals surface area (Å²) < 4.78 is -1.59. The van der Waals surface area contributed by atoms with E-state index in [-0.39, 0.29) is 5.84 Å². The largest absolute Gasteiger partial charge is 0.298 e. The van der Waals surface area contributed by atoms with E-state index in [0.29, 0.717) is 0 Å². The van der Waals surface area contributed by atoms with Crippen LogP contribution in [0.5, 0.6) is 0 Å². The Balaban J connectivity index is 2.90. The number of para-hydroxylation sites is 1. The molecule has 3 N–H and O–H groups in total. The van der Waals surface area contributed by atoms with Crippen molar-refractivity contribution in [1.29, 1.82) is 0 Å². The van der Waals surface area contributed by atoms with E-state index in [1.165, 1.54) is 0 Å². The molecule has 1 rings (SSSR count). The monoisotopic (exact) mass is 237 g/mol. The van der Waals surface area contributed by atoms with Crippen LogP contribution in [-0.2, 0) is 0 Å². The second kappa shape index (κ2) is 4.18. The third kappa shape index (κ3) is 3.43. The van der Waals surface area contributed by atoms with Gasteiger partial charge in [0.25, 0.3) is 9.63 Å². The molecule has 0 bridgehead atoms. The minimum absolute atomic E-state index is 0.0868. The second-order valence-corrected chi connectivity index (χ2v) is 4.68. The Kier molecular flexibility index (Phi) is 3.42. The number of hydrogen-bond acceptors (Lipinski definition) is 0. The average Bonchev–Trinajstić information content (AvgIpc) is 2.04. The molecular formula is C8H8Cl3N2+. The number of amidine groups is 1. The van der Waals surface area contributed by atoms with Crippen LogP contribution in [0.4, 0.5) is 5.69 Å². The highest BCUT2D eigenvalue weighted by Gasteiger charge is 2.30. The molecule has 2 nitrogen and oxygen atoms in total. The predicted octanol–water partition coefficient (Wildman–Crippen LogP) is 1.13. The van der Waals surface area contributed by atoms with Gasteiger partial charge in [0, 0.05) is 0 Å². The second-order valence-electron chi connectivity index (χ2n) is 2.40. The van der Waals surface area contributed by atoms with Gasteiger partial charge in [-0.3, -0.25) is 5.73 Å². The molecule has 70 valence electrons. The molecule has 0 saturated heterocycles. The summed E-state index contributed by atoms with van der Waals surface area (Å²) in [5, 5.41) is 0. The molecule has 5 heteroatoms. The fourth-order valence-corrected chi connectivity index (χ4v) is 0.890. The first-order chi connectivity index (χ1) is 6.00. The Morgan fingerprint density at radius 2 is 1.69 bits per heavy atom. The summed E-state index contributed by atoms with van der Waals surface area (Å²) >= 11 is 16.6. The zero-order valence-corrected chi connectivity index (χ0v) is 8.87. The van der Waals surface area contributed by atoms with Gasteiger partial charge in [-0.15, -0.1) is 0 Å². The van der Waals surface area contributed by atoms with Crippen molar-refractivity contribution in [2.24, 2.45) is 5.73 Å². The molecule has 0 aliphatic carbocycles. The maximum atomic E-state index is 5.54. The lowest BCUT2D eigenvalue weighted by atomic mass is 10.3. The van der Waals surface area contributed by atoms with Crippen LogP contribution >= 0.6 is 34.8 Å². The van der Waals surface area contributed by atoms with Gasteiger partial charge >= 0.3 is 0 Å². The van der Waals surface area contributed by atoms with Gasteiger partial charge < -0.3 is 0 Å². The van der Waals surface area contributed by atoms with Gasteiger partial charge in [0.1, 0.15) is 5.69 Å². The van der Waals surface area contributed by atoms with Crippen LogP contribution in [0, 0.1) is 0 Å². The molecule has 0 amide bonds. The summed E-state index contributed by atoms with van der Waals surface area (Å²) in [5.74, 6) is 0.0868. The summed E-state index contributed by atoms with van der Waals surface area (Å²) in [7, 11) is 0. The van der Waals surface area contributed by atoms with Gasteiger partial charge in [-0.1, -0.05) is 53.0 Å². The number of nitrogens with one attached hydrogen (secondary N) is 1. The van der Waals surface area contributed by atoms with Crippen LogP contribution < -0.4 is 10.7 Å². The van der Waals surface area contributed by atoms with Crippen LogP contribution in [0.3, 0.4) is 0 Å². The van der Waals surface area contributed by atoms with Crippen LogP contribution in [0.1, 0.15) is 0 Å². The van der Waals surface area contributed by atoms with Gasteiger partial charge in [0.15, 0.2) is 0 Å². The number of alkyl halides is 3. The fraction of sp³-hybridized carbons (Fsp3) is 0.125. The first kappa shape index (κ1) is 10.6. The van der Waals surface area contributed by atoms with E-state index in [2.05, 4.69) is 4.99 Å². The molecule has 0 atom stereocenters. The van der Waals surface area contributed by atoms with Crippen molar-refractivity contribution in [1.82, 2.24) is 0 Å². The van der Waals surface area contributed by atoms with Crippen molar-refractivity contribution in [3.05, 3.63) is 30.3 Å². The van der Waals surface area contributed by atoms with Gasteiger partial charge in [-0.25, -0.2) is 4.99 Å². The molecule has 0 saturated carbocycles. The van der Waals surface area contributed by atoms with Gasteiger partial charge in [0.05, 0.1) is 0 Å². The summed E-state index contributed by atoms with van der Waals surface area (Å²) in [6.45, 7) is 0. The minimum Gasteiger partial charge on any atom is -0.287 e. The minimum atomic E-state index is -1.59. The average molecular weight is 239 g/mol. The Hall–Kier alpha value is -0.440. The zero-order valence-electron chi connectivity index (χ0n) is 6.60. The van der Waals surface area contributed by atoms with E-state index in [1.807, 2.05) is 30.3 Å². The lowest BCUT2D eigenvalue weighted by Crippen LogP contribution is -2.72. The molecule has 0 aliphatic heterocycles. The Morgan fingerprint density at radius 1 is 1.15 bits per heavy atom. The van der Waals surface area contributed by atoms with E-state index >= 15 is 0 Å². The molecule has 13 heavy (non-hydrogen) atoms. The normalized spacial score (nSPS) is 13.0. The SMILES string of the molecule is NC(=[NH+]c1ccccc1)C(Cl)(Cl)Cl. The first-order valence-electron chi connectivity index (χ1n) is 3.52. The van der Waals surface area contributed by atoms with Crippen molar-refractivity contribution in [3.63, 3.8) is 0 Å². The predicted molar refractivity (Wildman–Crippen MR) is 56.5 cm³/mol. The van der Waals surface area contributed by atoms with Crippen molar-refractivity contribution in [2.75, 3.05) is 0 Å². The highest BCUT2D eigenvalue weighted by molar-refractivity contribution is 6.76. The maximum absolute atomic E-state index is 5.54. The maximum Gasteiger partial charge on any atom is 0.298 e. The third-order valence-corrected chi connectivity index (χ3v) is 1.97. The first-order valence-corrected chi connectivity index (χ1v) is 4.65. The van der Waals surface area contributed by atoms with E-state index in [9.17, 15) is 0 Å². The molecule has 0 aliphatic rings. The van der Waals surface area contributed by atoms with E-state index < -0.39 is 3.79 Å². The number of benzene rings is 1. The molecule has 0 radical (unpaired) electrons. The van der Waals surface area contributed by atoms with Crippen LogP contribution in [-0.4, -0.2) is 9.63 Å². The molecule has 0 spiro atoms. The molecular weight excluding hydrogens is 230 g/mol. The number of nitrogens with two attached hydrogens (primary N) is 1. The lowest BCUT2D eigenvalue weighted by Gasteiger charge is -2.03. The van der Waals surface area contributed by atoms with Crippen molar-refractivity contribution in [3.8, 4) is 0 Å². The highest BCUT2D eigenvalue weighted by atomic mass is 35.6. The zero-order chi connectivity index (χ0) is 9.90. The quantitative estimate of drug-likeness (QED) is 0.430. The standard InChI is InChI=1S/C8H7Cl3N2/c9-8(10,11)7(12)13-6-4-2-1-3-5-6/h1-5H,(H2,12,13)/p+1. The number of halogens is 3. The Labute approximate surface area is 91.3 Å². The van der Waals surface area contributed by atoms with Gasteiger partial charge in [-0.2, -0.15) is 0 Å². The third-order valence-electron chi connectivity index (χ3n) is 1.36. The van der Waals surface area contributed by atoms with Gasteiger partial charge in [0.2, 0.25) is 0 Å². The number of rotatable bonds is 1. The summed E-state index contributed by atoms with van der Waals surface area (Å²) in [4.78, 5) is 2.78. The topological polar surface area (TPSA) is 40.0 Å². The Morgan fingerprint density at radius 3 is 2.15 bits per heavy atom. The molecule has 1 aromatic carbocycles. The van der Waals surface area contributed by atoms with Crippen molar-refractivity contribution in [2.45, 2.75) is 3.79 Å². The smallest absolute Gasteiger partial charge is 0.287 e. The van der Waals surface area contributed by atoms with Crippen LogP contribution in [0.2, 0.25) is 0 Å². The Bertz CT molecular complexity index is 303. The number of hydrogen-bond donors (Lipinski definition) is 2. The molecule has 0 unspecified atom stereocenters. The molecule has 0 heterocycles. The highest BCUT2D eigenvalue weighted by Crippen LogP contribution is 2.23. The fourth-order valence-electron chi connectivity index (χ4n) is 0.748. The van der Waals surface area contributed by atoms with E-state index in [4.69, 9.17) is 40.5 Å². The van der Waals surface area contributed by atoms with Crippen LogP contribution in [0.15, 0.2) is 30.3 Å². The van der Waals surface area contributed by atoms with Crippen molar-refractivity contribution < 1.29 is 4.99 Å².